The lowest BCUT2D eigenvalue weighted by atomic mass is 9.95. The second kappa shape index (κ2) is 5.08. The van der Waals surface area contributed by atoms with Gasteiger partial charge in [0.05, 0.1) is 0 Å². The van der Waals surface area contributed by atoms with Crippen molar-refractivity contribution in [3.8, 4) is 0 Å². The van der Waals surface area contributed by atoms with E-state index in [1.165, 1.54) is 5.56 Å². The van der Waals surface area contributed by atoms with Gasteiger partial charge >= 0.3 is 0 Å². The molecule has 1 aromatic rings. The Morgan fingerprint density at radius 1 is 1.08 bits per heavy atom. The number of nitrogens with zero attached hydrogens (tertiary/aromatic N) is 1. The monoisotopic (exact) mass is 173 g/mol. The normalized spacial score (nSPS) is 10.7. The molecule has 0 unspecified atom stereocenters. The van der Waals surface area contributed by atoms with Gasteiger partial charge < -0.3 is 0 Å². The van der Waals surface area contributed by atoms with Crippen LogP contribution in [0.4, 0.5) is 0 Å². The van der Waals surface area contributed by atoms with Crippen LogP contribution in [0, 0.1) is 0 Å². The third-order valence-electron chi connectivity index (χ3n) is 2.28. The Labute approximate surface area is 82.2 Å². The largest absolute Gasteiger partial charge is 0.300 e. The zero-order chi connectivity index (χ0) is 9.68. The van der Waals surface area contributed by atoms with Gasteiger partial charge in [-0.15, -0.1) is 0 Å². The van der Waals surface area contributed by atoms with Crippen molar-refractivity contribution in [2.45, 2.75) is 20.4 Å². The molecule has 0 heterocycles. The van der Waals surface area contributed by atoms with Crippen molar-refractivity contribution in [1.29, 1.82) is 0 Å². The van der Waals surface area contributed by atoms with E-state index < -0.39 is 0 Å². The molecule has 0 aliphatic heterocycles. The van der Waals surface area contributed by atoms with Crippen LogP contribution in [0.25, 0.3) is 0 Å². The van der Waals surface area contributed by atoms with Crippen LogP contribution in [0.3, 0.4) is 0 Å². The van der Waals surface area contributed by atoms with Gasteiger partial charge in [-0.1, -0.05) is 43.6 Å². The Hall–Kier alpha value is -0.755. The number of benzene rings is 1. The van der Waals surface area contributed by atoms with E-state index >= 15 is 0 Å². The van der Waals surface area contributed by atoms with Crippen molar-refractivity contribution < 1.29 is 0 Å². The number of hydrogen-bond acceptors (Lipinski definition) is 1. The molecule has 0 amide bonds. The summed E-state index contributed by atoms with van der Waals surface area (Å²) < 4.78 is 0. The Bertz CT molecular complexity index is 239. The Morgan fingerprint density at radius 3 is 2.08 bits per heavy atom. The van der Waals surface area contributed by atoms with Crippen molar-refractivity contribution in [1.82, 2.24) is 4.90 Å². The second-order valence-electron chi connectivity index (χ2n) is 3.20. The molecule has 0 N–H and O–H groups in total. The van der Waals surface area contributed by atoms with Gasteiger partial charge in [0.15, 0.2) is 0 Å². The maximum Gasteiger partial charge on any atom is 0.113 e. The van der Waals surface area contributed by atoms with Crippen LogP contribution in [-0.4, -0.2) is 25.8 Å². The molecule has 0 saturated heterocycles. The summed E-state index contributed by atoms with van der Waals surface area (Å²) in [5.74, 6) is 0. The van der Waals surface area contributed by atoms with Crippen LogP contribution in [0.1, 0.15) is 19.4 Å². The lowest BCUT2D eigenvalue weighted by molar-refractivity contribution is 0.296. The molecular formula is C11H16BN. The molecule has 0 aliphatic rings. The fourth-order valence-electron chi connectivity index (χ4n) is 1.33. The van der Waals surface area contributed by atoms with Gasteiger partial charge in [-0.3, -0.25) is 4.90 Å². The molecule has 1 rings (SSSR count). The van der Waals surface area contributed by atoms with Crippen molar-refractivity contribution in [3.05, 3.63) is 29.8 Å². The minimum Gasteiger partial charge on any atom is -0.300 e. The smallest absolute Gasteiger partial charge is 0.113 e. The molecule has 2 radical (unpaired) electrons. The van der Waals surface area contributed by atoms with Crippen molar-refractivity contribution >= 4 is 13.3 Å². The molecule has 0 saturated carbocycles. The standard InChI is InChI=1S/C11H16BN/c1-3-13(4-2)9-10-5-7-11(12)8-6-10/h5-8H,3-4,9H2,1-2H3. The lowest BCUT2D eigenvalue weighted by Crippen LogP contribution is -2.22. The van der Waals surface area contributed by atoms with E-state index in [1.54, 1.807) is 0 Å². The quantitative estimate of drug-likeness (QED) is 0.620. The van der Waals surface area contributed by atoms with Gasteiger partial charge in [-0.25, -0.2) is 0 Å². The highest BCUT2D eigenvalue weighted by Gasteiger charge is 1.99. The topological polar surface area (TPSA) is 3.24 Å². The summed E-state index contributed by atoms with van der Waals surface area (Å²) in [4.78, 5) is 2.38. The van der Waals surface area contributed by atoms with Gasteiger partial charge in [0.1, 0.15) is 7.85 Å². The second-order valence-corrected chi connectivity index (χ2v) is 3.20. The molecular weight excluding hydrogens is 157 g/mol. The summed E-state index contributed by atoms with van der Waals surface area (Å²) in [6.07, 6.45) is 0. The highest BCUT2D eigenvalue weighted by molar-refractivity contribution is 6.32. The Morgan fingerprint density at radius 2 is 1.62 bits per heavy atom. The van der Waals surface area contributed by atoms with Gasteiger partial charge in [0.2, 0.25) is 0 Å². The molecule has 0 aromatic heterocycles. The number of hydrogen-bond donors (Lipinski definition) is 0. The molecule has 0 fully saturated rings. The molecule has 0 atom stereocenters. The van der Waals surface area contributed by atoms with Crippen molar-refractivity contribution in [2.24, 2.45) is 0 Å². The number of rotatable bonds is 4. The SMILES string of the molecule is [B]c1ccc(CN(CC)CC)cc1. The predicted octanol–water partition coefficient (Wildman–Crippen LogP) is 1.32. The van der Waals surface area contributed by atoms with E-state index in [0.717, 1.165) is 25.1 Å². The fourth-order valence-corrected chi connectivity index (χ4v) is 1.33. The summed E-state index contributed by atoms with van der Waals surface area (Å²) in [7, 11) is 5.61. The summed E-state index contributed by atoms with van der Waals surface area (Å²) in [6, 6.07) is 8.10. The third kappa shape index (κ3) is 3.23. The zero-order valence-corrected chi connectivity index (χ0v) is 8.46. The van der Waals surface area contributed by atoms with E-state index in [0.29, 0.717) is 0 Å². The maximum atomic E-state index is 5.61. The molecule has 0 bridgehead atoms. The summed E-state index contributed by atoms with van der Waals surface area (Å²) in [6.45, 7) is 7.58. The lowest BCUT2D eigenvalue weighted by Gasteiger charge is -2.17. The van der Waals surface area contributed by atoms with Crippen molar-refractivity contribution in [3.63, 3.8) is 0 Å². The fraction of sp³-hybridized carbons (Fsp3) is 0.455. The summed E-state index contributed by atoms with van der Waals surface area (Å²) in [5.41, 5.74) is 2.17. The first kappa shape index (κ1) is 10.3. The van der Waals surface area contributed by atoms with Crippen LogP contribution < -0.4 is 5.46 Å². The molecule has 2 heteroatoms. The minimum atomic E-state index is 0.836. The minimum absolute atomic E-state index is 0.836. The molecule has 1 aromatic carbocycles. The van der Waals surface area contributed by atoms with Crippen LogP contribution >= 0.6 is 0 Å². The molecule has 13 heavy (non-hydrogen) atoms. The van der Waals surface area contributed by atoms with E-state index in [4.69, 9.17) is 7.85 Å². The molecule has 0 aliphatic carbocycles. The first-order valence-corrected chi connectivity index (χ1v) is 4.83. The zero-order valence-electron chi connectivity index (χ0n) is 8.46. The van der Waals surface area contributed by atoms with E-state index in [9.17, 15) is 0 Å². The van der Waals surface area contributed by atoms with Crippen LogP contribution in [0.5, 0.6) is 0 Å². The highest BCUT2D eigenvalue weighted by atomic mass is 15.1. The first-order valence-electron chi connectivity index (χ1n) is 4.83. The van der Waals surface area contributed by atoms with Crippen molar-refractivity contribution in [2.75, 3.05) is 13.1 Å². The van der Waals surface area contributed by atoms with Crippen LogP contribution in [-0.2, 0) is 6.54 Å². The first-order chi connectivity index (χ1) is 6.26. The van der Waals surface area contributed by atoms with Gasteiger partial charge in [0, 0.05) is 6.54 Å². The molecule has 0 spiro atoms. The van der Waals surface area contributed by atoms with Gasteiger partial charge in [-0.05, 0) is 18.7 Å². The van der Waals surface area contributed by atoms with E-state index in [2.05, 4.69) is 30.9 Å². The van der Waals surface area contributed by atoms with Gasteiger partial charge in [-0.2, -0.15) is 0 Å². The van der Waals surface area contributed by atoms with E-state index in [1.807, 2.05) is 12.1 Å². The molecule has 68 valence electrons. The summed E-state index contributed by atoms with van der Waals surface area (Å²) in [5, 5.41) is 0. The van der Waals surface area contributed by atoms with Crippen LogP contribution in [0.15, 0.2) is 24.3 Å². The summed E-state index contributed by atoms with van der Waals surface area (Å²) >= 11 is 0. The average Bonchev–Trinajstić information content (AvgIpc) is 2.17. The Kier molecular flexibility index (Phi) is 4.03. The molecule has 1 nitrogen and oxygen atoms in total. The Balaban J connectivity index is 2.58. The average molecular weight is 173 g/mol. The highest BCUT2D eigenvalue weighted by Crippen LogP contribution is 2.02. The third-order valence-corrected chi connectivity index (χ3v) is 2.28. The van der Waals surface area contributed by atoms with Gasteiger partial charge in [0.25, 0.3) is 0 Å². The maximum absolute atomic E-state index is 5.61. The van der Waals surface area contributed by atoms with E-state index in [-0.39, 0.29) is 0 Å². The predicted molar refractivity (Wildman–Crippen MR) is 58.5 cm³/mol. The van der Waals surface area contributed by atoms with Crippen LogP contribution in [0.2, 0.25) is 0 Å².